The minimum absolute atomic E-state index is 0.647. The second kappa shape index (κ2) is 16.0. The molecule has 2 aliphatic rings. The van der Waals surface area contributed by atoms with Crippen LogP contribution in [0.1, 0.15) is 22.3 Å². The van der Waals surface area contributed by atoms with E-state index < -0.39 is 5.41 Å². The molecule has 0 saturated heterocycles. The highest BCUT2D eigenvalue weighted by molar-refractivity contribution is 6.11. The first-order valence-electron chi connectivity index (χ1n) is 24.0. The summed E-state index contributed by atoms with van der Waals surface area (Å²) < 4.78 is 13.6. The van der Waals surface area contributed by atoms with Crippen molar-refractivity contribution < 1.29 is 9.15 Å². The minimum atomic E-state index is -0.647. The van der Waals surface area contributed by atoms with Gasteiger partial charge in [-0.2, -0.15) is 0 Å². The van der Waals surface area contributed by atoms with Crippen molar-refractivity contribution in [2.45, 2.75) is 5.41 Å². The monoisotopic (exact) mass is 893 g/mol. The Hall–Kier alpha value is -9.18. The molecule has 0 fully saturated rings. The molecule has 328 valence electrons. The summed E-state index contributed by atoms with van der Waals surface area (Å²) in [4.78, 5) is 2.49. The van der Waals surface area contributed by atoms with E-state index in [-0.39, 0.29) is 0 Å². The van der Waals surface area contributed by atoms with Crippen LogP contribution >= 0.6 is 0 Å². The van der Waals surface area contributed by atoms with Crippen molar-refractivity contribution in [3.63, 3.8) is 0 Å². The number of fused-ring (bicyclic) bond motifs is 12. The highest BCUT2D eigenvalue weighted by Crippen LogP contribution is 2.63. The summed E-state index contributed by atoms with van der Waals surface area (Å²) >= 11 is 0. The van der Waals surface area contributed by atoms with E-state index in [1.165, 1.54) is 38.9 Å². The highest BCUT2D eigenvalue weighted by atomic mass is 16.5. The van der Waals surface area contributed by atoms with Gasteiger partial charge in [0.15, 0.2) is 0 Å². The van der Waals surface area contributed by atoms with Crippen LogP contribution in [0.25, 0.3) is 77.6 Å². The van der Waals surface area contributed by atoms with Crippen molar-refractivity contribution in [3.8, 4) is 67.1 Å². The molecule has 0 saturated carbocycles. The molecule has 3 nitrogen and oxygen atoms in total. The van der Waals surface area contributed by atoms with E-state index >= 15 is 0 Å². The third kappa shape index (κ3) is 6.01. The second-order valence-corrected chi connectivity index (χ2v) is 18.3. The van der Waals surface area contributed by atoms with Gasteiger partial charge >= 0.3 is 0 Å². The molecular weight excluding hydrogens is 851 g/mol. The molecule has 1 spiro atoms. The normalized spacial score (nSPS) is 12.8. The summed E-state index contributed by atoms with van der Waals surface area (Å²) in [5, 5.41) is 2.20. The van der Waals surface area contributed by atoms with Crippen molar-refractivity contribution in [3.05, 3.63) is 283 Å². The zero-order valence-electron chi connectivity index (χ0n) is 38.1. The van der Waals surface area contributed by atoms with E-state index in [2.05, 4.69) is 260 Å². The minimum Gasteiger partial charge on any atom is -0.457 e. The van der Waals surface area contributed by atoms with Crippen LogP contribution in [0, 0.1) is 0 Å². The number of rotatable bonds is 7. The zero-order valence-corrected chi connectivity index (χ0v) is 38.1. The molecule has 0 amide bonds. The Balaban J connectivity index is 1.07. The molecule has 0 radical (unpaired) electrons. The molecule has 14 rings (SSSR count). The first kappa shape index (κ1) is 39.9. The number of furan rings is 1. The lowest BCUT2D eigenvalue weighted by Crippen LogP contribution is -2.32. The molecule has 0 atom stereocenters. The largest absolute Gasteiger partial charge is 0.457 e. The van der Waals surface area contributed by atoms with Crippen LogP contribution in [0.5, 0.6) is 11.5 Å². The van der Waals surface area contributed by atoms with Crippen molar-refractivity contribution in [1.29, 1.82) is 0 Å². The van der Waals surface area contributed by atoms with Crippen molar-refractivity contribution >= 4 is 39.0 Å². The quantitative estimate of drug-likeness (QED) is 0.159. The van der Waals surface area contributed by atoms with Gasteiger partial charge in [-0.25, -0.2) is 0 Å². The number of nitrogens with zero attached hydrogens (tertiary/aromatic N) is 1. The lowest BCUT2D eigenvalue weighted by Gasteiger charge is -2.39. The second-order valence-electron chi connectivity index (χ2n) is 18.3. The average molecular weight is 894 g/mol. The number of para-hydroxylation sites is 5. The van der Waals surface area contributed by atoms with E-state index in [4.69, 9.17) is 9.15 Å². The first-order chi connectivity index (χ1) is 34.7. The van der Waals surface area contributed by atoms with Crippen LogP contribution in [-0.4, -0.2) is 0 Å². The van der Waals surface area contributed by atoms with Gasteiger partial charge in [0.25, 0.3) is 0 Å². The molecule has 0 unspecified atom stereocenters. The molecule has 3 heteroatoms. The molecule has 70 heavy (non-hydrogen) atoms. The van der Waals surface area contributed by atoms with Crippen LogP contribution in [0.4, 0.5) is 17.1 Å². The Bertz CT molecular complexity index is 3950. The van der Waals surface area contributed by atoms with Crippen molar-refractivity contribution in [2.75, 3.05) is 4.90 Å². The summed E-state index contributed by atoms with van der Waals surface area (Å²) in [6, 6.07) is 94.2. The first-order valence-corrected chi connectivity index (χ1v) is 24.0. The van der Waals surface area contributed by atoms with Gasteiger partial charge in [-0.1, -0.05) is 212 Å². The zero-order chi connectivity index (χ0) is 46.2. The highest BCUT2D eigenvalue weighted by Gasteiger charge is 2.51. The van der Waals surface area contributed by atoms with Gasteiger partial charge in [-0.15, -0.1) is 0 Å². The van der Waals surface area contributed by atoms with Gasteiger partial charge in [0.2, 0.25) is 0 Å². The van der Waals surface area contributed by atoms with Crippen LogP contribution in [0.3, 0.4) is 0 Å². The van der Waals surface area contributed by atoms with Gasteiger partial charge in [0.05, 0.1) is 16.8 Å². The van der Waals surface area contributed by atoms with E-state index in [0.717, 1.165) is 89.4 Å². The van der Waals surface area contributed by atoms with Crippen molar-refractivity contribution in [1.82, 2.24) is 0 Å². The van der Waals surface area contributed by atoms with Crippen LogP contribution in [0.2, 0.25) is 0 Å². The summed E-state index contributed by atoms with van der Waals surface area (Å²) in [6.07, 6.45) is 0. The lowest BCUT2D eigenvalue weighted by molar-refractivity contribution is 0.436. The van der Waals surface area contributed by atoms with Crippen LogP contribution < -0.4 is 9.64 Å². The van der Waals surface area contributed by atoms with E-state index in [1.54, 1.807) is 0 Å². The maximum Gasteiger partial charge on any atom is 0.143 e. The van der Waals surface area contributed by atoms with Crippen LogP contribution in [0.15, 0.2) is 265 Å². The predicted molar refractivity (Wildman–Crippen MR) is 288 cm³/mol. The number of benzene rings is 11. The number of hydrogen-bond acceptors (Lipinski definition) is 3. The van der Waals surface area contributed by atoms with Gasteiger partial charge in [-0.05, 0) is 98.6 Å². The Morgan fingerprint density at radius 3 is 1.57 bits per heavy atom. The molecule has 12 aromatic rings. The van der Waals surface area contributed by atoms with Crippen molar-refractivity contribution in [2.24, 2.45) is 0 Å². The number of ether oxygens (including phenoxy) is 1. The molecule has 11 aromatic carbocycles. The SMILES string of the molecule is c1ccc(-c2ccccc2-c2ccc(N(c3ccc4c(c3)C3(c5ccccc5Oc5ccccc53)c3ccccc3-4)c3ccccc3-c3cccc4c3oc3ccccc34)c(-c3ccccc3)c2)cc1. The Morgan fingerprint density at radius 2 is 0.829 bits per heavy atom. The summed E-state index contributed by atoms with van der Waals surface area (Å²) in [5.41, 5.74) is 20.4. The molecule has 1 aliphatic heterocycles. The maximum absolute atomic E-state index is 6.80. The summed E-state index contributed by atoms with van der Waals surface area (Å²) in [5.74, 6) is 1.74. The molecular formula is C67H43NO2. The summed E-state index contributed by atoms with van der Waals surface area (Å²) in [6.45, 7) is 0. The summed E-state index contributed by atoms with van der Waals surface area (Å²) in [7, 11) is 0. The standard InChI is InChI=1S/C67H43NO2/c1-3-20-44(21-4-1)48-24-7-8-25-49(48)46-38-41-62(56(42-46)45-22-5-2-6-23-45)68(61-34-15-10-27-52(61)54-29-19-30-55-53-28-11-16-35-63(53)70-66(54)55)47-39-40-51-50-26-9-12-31-57(50)67(60(51)43-47)58-32-13-17-36-64(58)69-65-37-18-14-33-59(65)67/h1-43H. The Labute approximate surface area is 406 Å². The van der Waals surface area contributed by atoms with Gasteiger partial charge < -0.3 is 14.1 Å². The third-order valence-corrected chi connectivity index (χ3v) is 14.6. The van der Waals surface area contributed by atoms with E-state index in [1.807, 2.05) is 6.07 Å². The molecule has 0 bridgehead atoms. The van der Waals surface area contributed by atoms with Gasteiger partial charge in [0.1, 0.15) is 22.7 Å². The molecule has 1 aliphatic carbocycles. The van der Waals surface area contributed by atoms with Gasteiger partial charge in [0, 0.05) is 44.3 Å². The third-order valence-electron chi connectivity index (χ3n) is 14.6. The molecule has 2 heterocycles. The number of anilines is 3. The molecule has 1 aromatic heterocycles. The van der Waals surface area contributed by atoms with E-state index in [0.29, 0.717) is 0 Å². The van der Waals surface area contributed by atoms with Crippen LogP contribution in [-0.2, 0) is 5.41 Å². The Morgan fingerprint density at radius 1 is 0.300 bits per heavy atom. The smallest absolute Gasteiger partial charge is 0.143 e. The number of hydrogen-bond donors (Lipinski definition) is 0. The topological polar surface area (TPSA) is 25.6 Å². The van der Waals surface area contributed by atoms with E-state index in [9.17, 15) is 0 Å². The predicted octanol–water partition coefficient (Wildman–Crippen LogP) is 18.2. The lowest BCUT2D eigenvalue weighted by atomic mass is 9.66. The fraction of sp³-hybridized carbons (Fsp3) is 0.0149. The van der Waals surface area contributed by atoms with Gasteiger partial charge in [-0.3, -0.25) is 0 Å². The fourth-order valence-corrected chi connectivity index (χ4v) is 11.6. The fourth-order valence-electron chi connectivity index (χ4n) is 11.6. The maximum atomic E-state index is 6.80. The average Bonchev–Trinajstić information content (AvgIpc) is 3.96. The Kier molecular flexibility index (Phi) is 9.11. The molecule has 0 N–H and O–H groups in total.